The third kappa shape index (κ3) is 2.50. The van der Waals surface area contributed by atoms with Gasteiger partial charge < -0.3 is 4.98 Å². The van der Waals surface area contributed by atoms with Gasteiger partial charge in [-0.05, 0) is 43.0 Å². The lowest BCUT2D eigenvalue weighted by atomic mass is 9.94. The normalized spacial score (nSPS) is 15.6. The molecule has 1 aromatic carbocycles. The van der Waals surface area contributed by atoms with Crippen LogP contribution >= 0.6 is 0 Å². The van der Waals surface area contributed by atoms with E-state index in [1.807, 2.05) is 12.1 Å². The minimum atomic E-state index is -0.219. The second kappa shape index (κ2) is 5.68. The largest absolute Gasteiger partial charge is 0.353 e. The van der Waals surface area contributed by atoms with Crippen molar-refractivity contribution in [3.8, 4) is 0 Å². The Balaban J connectivity index is 1.65. The molecule has 2 aromatic heterocycles. The zero-order valence-electron chi connectivity index (χ0n) is 12.5. The van der Waals surface area contributed by atoms with Gasteiger partial charge in [-0.15, -0.1) is 0 Å². The fourth-order valence-electron chi connectivity index (χ4n) is 3.06. The maximum Gasteiger partial charge on any atom is 0.271 e. The summed E-state index contributed by atoms with van der Waals surface area (Å²) < 4.78 is 0. The summed E-state index contributed by atoms with van der Waals surface area (Å²) in [5.74, 6) is -0.219. The van der Waals surface area contributed by atoms with Crippen molar-refractivity contribution in [2.75, 3.05) is 0 Å². The molecule has 0 saturated heterocycles. The SMILES string of the molecule is O=C(N/N=C1/CCCc2c1[nH]c1ccccc21)c1ccncc1. The number of pyridine rings is 1. The zero-order chi connectivity index (χ0) is 15.6. The number of para-hydroxylation sites is 1. The molecule has 3 aromatic rings. The van der Waals surface area contributed by atoms with Crippen LogP contribution in [0.2, 0.25) is 0 Å². The number of hydrogen-bond donors (Lipinski definition) is 2. The van der Waals surface area contributed by atoms with E-state index in [0.717, 1.165) is 36.2 Å². The number of amides is 1. The molecule has 2 heterocycles. The number of hydrazone groups is 1. The Morgan fingerprint density at radius 2 is 1.96 bits per heavy atom. The number of nitrogens with zero attached hydrogens (tertiary/aromatic N) is 2. The van der Waals surface area contributed by atoms with Crippen molar-refractivity contribution in [3.63, 3.8) is 0 Å². The highest BCUT2D eigenvalue weighted by Crippen LogP contribution is 2.29. The number of aromatic amines is 1. The van der Waals surface area contributed by atoms with Gasteiger partial charge >= 0.3 is 0 Å². The molecule has 0 bridgehead atoms. The minimum Gasteiger partial charge on any atom is -0.353 e. The molecule has 5 heteroatoms. The Morgan fingerprint density at radius 1 is 1.13 bits per heavy atom. The lowest BCUT2D eigenvalue weighted by molar-refractivity contribution is 0.0954. The predicted molar refractivity (Wildman–Crippen MR) is 89.5 cm³/mol. The van der Waals surface area contributed by atoms with Crippen LogP contribution < -0.4 is 5.43 Å². The number of hydrogen-bond acceptors (Lipinski definition) is 3. The van der Waals surface area contributed by atoms with E-state index in [1.54, 1.807) is 24.5 Å². The molecule has 114 valence electrons. The smallest absolute Gasteiger partial charge is 0.271 e. The summed E-state index contributed by atoms with van der Waals surface area (Å²) in [6.45, 7) is 0. The number of carbonyl (C=O) groups is 1. The minimum absolute atomic E-state index is 0.219. The van der Waals surface area contributed by atoms with Crippen molar-refractivity contribution >= 4 is 22.5 Å². The lowest BCUT2D eigenvalue weighted by Crippen LogP contribution is -2.22. The average Bonchev–Trinajstić information content (AvgIpc) is 3.00. The predicted octanol–water partition coefficient (Wildman–Crippen LogP) is 3.03. The molecule has 5 nitrogen and oxygen atoms in total. The first-order valence-corrected chi connectivity index (χ1v) is 7.70. The molecule has 1 amide bonds. The van der Waals surface area contributed by atoms with Gasteiger partial charge in [-0.25, -0.2) is 5.43 Å². The second-order valence-corrected chi connectivity index (χ2v) is 5.61. The van der Waals surface area contributed by atoms with Gasteiger partial charge in [0.2, 0.25) is 0 Å². The number of aryl methyl sites for hydroxylation is 1. The molecule has 4 rings (SSSR count). The quantitative estimate of drug-likeness (QED) is 0.714. The number of H-pyrrole nitrogens is 1. The van der Waals surface area contributed by atoms with E-state index in [2.05, 4.69) is 32.6 Å². The van der Waals surface area contributed by atoms with Crippen molar-refractivity contribution < 1.29 is 4.79 Å². The van der Waals surface area contributed by atoms with E-state index >= 15 is 0 Å². The average molecular weight is 304 g/mol. The van der Waals surface area contributed by atoms with Crippen LogP contribution in [0.3, 0.4) is 0 Å². The third-order valence-corrected chi connectivity index (χ3v) is 4.18. The van der Waals surface area contributed by atoms with Crippen LogP contribution in [0, 0.1) is 0 Å². The summed E-state index contributed by atoms with van der Waals surface area (Å²) in [5, 5.41) is 5.61. The van der Waals surface area contributed by atoms with Crippen LogP contribution in [0.1, 0.15) is 34.5 Å². The molecule has 0 spiro atoms. The van der Waals surface area contributed by atoms with E-state index in [4.69, 9.17) is 0 Å². The summed E-state index contributed by atoms with van der Waals surface area (Å²) in [4.78, 5) is 19.5. The first-order chi connectivity index (χ1) is 11.3. The van der Waals surface area contributed by atoms with Crippen LogP contribution in [0.15, 0.2) is 53.9 Å². The Bertz CT molecular complexity index is 896. The number of nitrogens with one attached hydrogen (secondary N) is 2. The number of aromatic nitrogens is 2. The Morgan fingerprint density at radius 3 is 2.83 bits per heavy atom. The summed E-state index contributed by atoms with van der Waals surface area (Å²) in [5.41, 5.74) is 7.58. The van der Waals surface area contributed by atoms with Gasteiger partial charge in [-0.1, -0.05) is 18.2 Å². The maximum absolute atomic E-state index is 12.1. The molecule has 23 heavy (non-hydrogen) atoms. The summed E-state index contributed by atoms with van der Waals surface area (Å²) in [7, 11) is 0. The highest BCUT2D eigenvalue weighted by molar-refractivity contribution is 6.07. The van der Waals surface area contributed by atoms with Gasteiger partial charge in [0, 0.05) is 28.9 Å². The van der Waals surface area contributed by atoms with Gasteiger partial charge in [-0.2, -0.15) is 5.10 Å². The molecule has 1 aliphatic carbocycles. The number of rotatable bonds is 2. The van der Waals surface area contributed by atoms with Crippen molar-refractivity contribution in [2.24, 2.45) is 5.10 Å². The van der Waals surface area contributed by atoms with Gasteiger partial charge in [0.1, 0.15) is 0 Å². The molecular weight excluding hydrogens is 288 g/mol. The van der Waals surface area contributed by atoms with Crippen LogP contribution in [0.25, 0.3) is 10.9 Å². The number of fused-ring (bicyclic) bond motifs is 3. The summed E-state index contributed by atoms with van der Waals surface area (Å²) >= 11 is 0. The van der Waals surface area contributed by atoms with E-state index < -0.39 is 0 Å². The molecule has 0 fully saturated rings. The Hall–Kier alpha value is -2.95. The highest BCUT2D eigenvalue weighted by atomic mass is 16.2. The molecule has 0 unspecified atom stereocenters. The maximum atomic E-state index is 12.1. The summed E-state index contributed by atoms with van der Waals surface area (Å²) in [6, 6.07) is 11.6. The number of carbonyl (C=O) groups excluding carboxylic acids is 1. The molecule has 0 saturated carbocycles. The van der Waals surface area contributed by atoms with E-state index in [0.29, 0.717) is 5.56 Å². The van der Waals surface area contributed by atoms with Gasteiger partial charge in [-0.3, -0.25) is 9.78 Å². The topological polar surface area (TPSA) is 70.1 Å². The summed E-state index contributed by atoms with van der Waals surface area (Å²) in [6.07, 6.45) is 6.13. The van der Waals surface area contributed by atoms with E-state index in [-0.39, 0.29) is 5.91 Å². The van der Waals surface area contributed by atoms with Crippen molar-refractivity contribution in [1.82, 2.24) is 15.4 Å². The van der Waals surface area contributed by atoms with E-state index in [1.165, 1.54) is 10.9 Å². The Labute approximate surface area is 133 Å². The zero-order valence-corrected chi connectivity index (χ0v) is 12.5. The highest BCUT2D eigenvalue weighted by Gasteiger charge is 2.20. The molecule has 2 N–H and O–H groups in total. The van der Waals surface area contributed by atoms with Crippen LogP contribution in [0.4, 0.5) is 0 Å². The van der Waals surface area contributed by atoms with Gasteiger partial charge in [0.15, 0.2) is 0 Å². The van der Waals surface area contributed by atoms with Gasteiger partial charge in [0.25, 0.3) is 5.91 Å². The Kier molecular flexibility index (Phi) is 3.38. The lowest BCUT2D eigenvalue weighted by Gasteiger charge is -2.14. The number of benzene rings is 1. The first kappa shape index (κ1) is 13.7. The molecule has 1 aliphatic rings. The van der Waals surface area contributed by atoms with Crippen LogP contribution in [0.5, 0.6) is 0 Å². The fraction of sp³-hybridized carbons (Fsp3) is 0.167. The van der Waals surface area contributed by atoms with E-state index in [9.17, 15) is 4.79 Å². The van der Waals surface area contributed by atoms with Crippen LogP contribution in [-0.2, 0) is 6.42 Å². The molecule has 0 radical (unpaired) electrons. The third-order valence-electron chi connectivity index (χ3n) is 4.18. The van der Waals surface area contributed by atoms with Crippen molar-refractivity contribution in [3.05, 3.63) is 65.6 Å². The van der Waals surface area contributed by atoms with Crippen molar-refractivity contribution in [2.45, 2.75) is 19.3 Å². The molecule has 0 atom stereocenters. The monoisotopic (exact) mass is 304 g/mol. The molecular formula is C18H16N4O. The van der Waals surface area contributed by atoms with Crippen LogP contribution in [-0.4, -0.2) is 21.6 Å². The van der Waals surface area contributed by atoms with Gasteiger partial charge in [0.05, 0.1) is 11.4 Å². The standard InChI is InChI=1S/C18H16N4O/c23-18(12-8-10-19-11-9-12)22-21-16-7-3-5-14-13-4-1-2-6-15(13)20-17(14)16/h1-2,4,6,8-11,20H,3,5,7H2,(H,22,23)/b21-16-. The molecule has 0 aliphatic heterocycles. The fourth-order valence-corrected chi connectivity index (χ4v) is 3.06. The second-order valence-electron chi connectivity index (χ2n) is 5.61. The van der Waals surface area contributed by atoms with Crippen molar-refractivity contribution in [1.29, 1.82) is 0 Å². The first-order valence-electron chi connectivity index (χ1n) is 7.70.